The van der Waals surface area contributed by atoms with Crippen molar-refractivity contribution in [3.8, 4) is 22.8 Å². The maximum Gasteiger partial charge on any atom is 0.431 e. The summed E-state index contributed by atoms with van der Waals surface area (Å²) in [4.78, 5) is 3.87. The third kappa shape index (κ3) is 7.60. The van der Waals surface area contributed by atoms with Crippen LogP contribution >= 0.6 is 0 Å². The maximum atomic E-state index is 12.2. The second-order valence-electron chi connectivity index (χ2n) is 10.3. The molecule has 243 valence electrons. The molecule has 7 nitrogen and oxygen atoms in total. The first kappa shape index (κ1) is 34.0. The Bertz CT molecular complexity index is 2090. The van der Waals surface area contributed by atoms with E-state index in [9.17, 15) is 13.2 Å². The molecule has 0 aliphatic heterocycles. The number of halogens is 3. The van der Waals surface area contributed by atoms with Crippen molar-refractivity contribution < 1.29 is 42.4 Å². The summed E-state index contributed by atoms with van der Waals surface area (Å²) in [6.07, 6.45) is 3.57. The van der Waals surface area contributed by atoms with Gasteiger partial charge in [-0.25, -0.2) is 0 Å². The zero-order chi connectivity index (χ0) is 32.8. The number of alkyl halides is 3. The van der Waals surface area contributed by atoms with E-state index >= 15 is 0 Å². The molecule has 0 spiro atoms. The van der Waals surface area contributed by atoms with E-state index in [1.54, 1.807) is 18.2 Å². The van der Waals surface area contributed by atoms with Crippen molar-refractivity contribution in [2.24, 2.45) is 14.1 Å². The molecule has 0 saturated heterocycles. The van der Waals surface area contributed by atoms with Crippen molar-refractivity contribution in [3.63, 3.8) is 0 Å². The number of pyridine rings is 1. The van der Waals surface area contributed by atoms with Gasteiger partial charge in [0.25, 0.3) is 0 Å². The zero-order valence-electron chi connectivity index (χ0n) is 25.7. The third-order valence-corrected chi connectivity index (χ3v) is 7.09. The number of para-hydroxylation sites is 6. The van der Waals surface area contributed by atoms with Crippen molar-refractivity contribution >= 4 is 22.1 Å². The van der Waals surface area contributed by atoms with E-state index in [4.69, 9.17) is 0 Å². The molecular formula is C37H27F3IrN7-3. The van der Waals surface area contributed by atoms with E-state index in [-0.39, 0.29) is 25.8 Å². The van der Waals surface area contributed by atoms with Crippen molar-refractivity contribution in [1.82, 2.24) is 24.3 Å². The largest absolute Gasteiger partial charge is 0.573 e. The summed E-state index contributed by atoms with van der Waals surface area (Å²) in [6, 6.07) is 44.6. The van der Waals surface area contributed by atoms with Gasteiger partial charge in [-0.1, -0.05) is 71.7 Å². The minimum absolute atomic E-state index is 0. The minimum Gasteiger partial charge on any atom is -0.573 e. The fraction of sp³-hybridized carbons (Fsp3) is 0.0811. The quantitative estimate of drug-likeness (QED) is 0.157. The molecule has 1 radical (unpaired) electrons. The van der Waals surface area contributed by atoms with Gasteiger partial charge >= 0.3 is 6.18 Å². The monoisotopic (exact) mass is 819 g/mol. The van der Waals surface area contributed by atoms with E-state index in [1.165, 1.54) is 17.2 Å². The van der Waals surface area contributed by atoms with Crippen molar-refractivity contribution in [3.05, 3.63) is 158 Å². The van der Waals surface area contributed by atoms with E-state index in [1.807, 2.05) is 105 Å². The number of hydrogen-bond acceptors (Lipinski definition) is 2. The smallest absolute Gasteiger partial charge is 0.431 e. The molecule has 8 rings (SSSR count). The predicted octanol–water partition coefficient (Wildman–Crippen LogP) is 6.23. The molecule has 0 fully saturated rings. The summed E-state index contributed by atoms with van der Waals surface area (Å²) in [6.45, 7) is 0. The fourth-order valence-corrected chi connectivity index (χ4v) is 4.88. The van der Waals surface area contributed by atoms with E-state index < -0.39 is 11.9 Å². The maximum absolute atomic E-state index is 12.2. The fourth-order valence-electron chi connectivity index (χ4n) is 4.88. The molecule has 0 atom stereocenters. The van der Waals surface area contributed by atoms with Gasteiger partial charge in [-0.2, -0.15) is 73.8 Å². The number of imidazole rings is 2. The summed E-state index contributed by atoms with van der Waals surface area (Å²) in [5.41, 5.74) is 6.16. The molecule has 0 bridgehead atoms. The van der Waals surface area contributed by atoms with Crippen LogP contribution in [-0.2, 0) is 40.4 Å². The van der Waals surface area contributed by atoms with Crippen molar-refractivity contribution in [1.29, 1.82) is 0 Å². The normalized spacial score (nSPS) is 10.9. The standard InChI is InChI=1S/2C14H11N2.C9H5F3N3.Ir/c2*1-15-11-16(12-7-3-2-4-8-12)14-10-6-5-9-13(14)15;10-9(11,12)8-5-7(14-15-8)6-3-1-2-4-13-6;/h2*2-7,9-10H,1H3;1-5H;/q3*-1;. The molecule has 11 heteroatoms. The Kier molecular flexibility index (Phi) is 10.6. The zero-order valence-corrected chi connectivity index (χ0v) is 28.1. The number of aryl methyl sites for hydroxylation is 2. The van der Waals surface area contributed by atoms with Gasteiger partial charge in [0.15, 0.2) is 0 Å². The van der Waals surface area contributed by atoms with Crippen molar-refractivity contribution in [2.75, 3.05) is 0 Å². The van der Waals surface area contributed by atoms with Crippen LogP contribution in [-0.4, -0.2) is 19.2 Å². The SMILES string of the molecule is C[n+]1[c-]n(-c2[c-]cccc2)c2ccccc21.C[n+]1[c-]n(-c2[c-]cccc2)c2ccccc21.FC(F)(F)c1cc(-c2ccccn2)[n-]n1.[Ir]. The number of nitrogens with zero attached hydrogens (tertiary/aromatic N) is 7. The molecular weight excluding hydrogens is 792 g/mol. The van der Waals surface area contributed by atoms with Crippen LogP contribution in [0.3, 0.4) is 0 Å². The van der Waals surface area contributed by atoms with Crippen LogP contribution in [0.4, 0.5) is 13.2 Å². The number of hydrogen-bond donors (Lipinski definition) is 0. The summed E-state index contributed by atoms with van der Waals surface area (Å²) in [7, 11) is 4.00. The molecule has 8 aromatic rings. The van der Waals surface area contributed by atoms with Crippen LogP contribution in [0.2, 0.25) is 0 Å². The average Bonchev–Trinajstić information content (AvgIpc) is 3.83. The molecule has 0 aliphatic carbocycles. The summed E-state index contributed by atoms with van der Waals surface area (Å²) in [5, 5.41) is 6.47. The van der Waals surface area contributed by atoms with Gasteiger partial charge in [0.2, 0.25) is 12.7 Å². The van der Waals surface area contributed by atoms with Gasteiger partial charge in [-0.05, 0) is 18.2 Å². The van der Waals surface area contributed by atoms with Gasteiger partial charge in [0, 0.05) is 32.0 Å². The molecule has 0 aliphatic rings. The Balaban J connectivity index is 0.000000140. The van der Waals surface area contributed by atoms with Crippen LogP contribution < -0.4 is 14.2 Å². The second kappa shape index (κ2) is 15.0. The Labute approximate surface area is 288 Å². The molecule has 0 unspecified atom stereocenters. The molecule has 0 saturated carbocycles. The van der Waals surface area contributed by atoms with Crippen LogP contribution in [0.1, 0.15) is 5.69 Å². The Morgan fingerprint density at radius 3 is 1.60 bits per heavy atom. The number of rotatable bonds is 3. The van der Waals surface area contributed by atoms with Crippen LogP contribution in [0.15, 0.2) is 128 Å². The molecule has 4 aromatic carbocycles. The molecule has 0 N–H and O–H groups in total. The Hall–Kier alpha value is -5.38. The number of aromatic nitrogens is 7. The summed E-state index contributed by atoms with van der Waals surface area (Å²) >= 11 is 0. The van der Waals surface area contributed by atoms with E-state index in [0.717, 1.165) is 28.5 Å². The molecule has 4 aromatic heterocycles. The molecule has 4 heterocycles. The van der Waals surface area contributed by atoms with Crippen LogP contribution in [0.25, 0.3) is 44.8 Å². The van der Waals surface area contributed by atoms with Gasteiger partial charge in [0.1, 0.15) is 5.69 Å². The number of benzene rings is 4. The van der Waals surface area contributed by atoms with Crippen molar-refractivity contribution in [2.45, 2.75) is 6.18 Å². The van der Waals surface area contributed by atoms with Crippen LogP contribution in [0, 0.1) is 24.8 Å². The Morgan fingerprint density at radius 2 is 1.17 bits per heavy atom. The first-order valence-corrected chi connectivity index (χ1v) is 14.5. The van der Waals surface area contributed by atoms with E-state index in [0.29, 0.717) is 5.69 Å². The third-order valence-electron chi connectivity index (χ3n) is 7.09. The van der Waals surface area contributed by atoms with Gasteiger partial charge in [-0.3, -0.25) is 4.98 Å². The number of fused-ring (bicyclic) bond motifs is 2. The molecule has 0 amide bonds. The first-order chi connectivity index (χ1) is 22.8. The van der Waals surface area contributed by atoms with Gasteiger partial charge < -0.3 is 28.5 Å². The summed E-state index contributed by atoms with van der Waals surface area (Å²) < 4.78 is 44.6. The first-order valence-electron chi connectivity index (χ1n) is 14.5. The topological polar surface area (TPSA) is 57.5 Å². The average molecular weight is 819 g/mol. The van der Waals surface area contributed by atoms with E-state index in [2.05, 4.69) is 64.2 Å². The van der Waals surface area contributed by atoms with Gasteiger partial charge in [0.05, 0.1) is 36.2 Å². The van der Waals surface area contributed by atoms with Crippen LogP contribution in [0.5, 0.6) is 0 Å². The predicted molar refractivity (Wildman–Crippen MR) is 170 cm³/mol. The Morgan fingerprint density at radius 1 is 0.667 bits per heavy atom. The second-order valence-corrected chi connectivity index (χ2v) is 10.3. The summed E-state index contributed by atoms with van der Waals surface area (Å²) in [5.74, 6) is 0. The minimum atomic E-state index is -4.46. The van der Waals surface area contributed by atoms with Gasteiger partial charge in [-0.15, -0.1) is 0 Å². The molecule has 48 heavy (non-hydrogen) atoms.